The largest absolute Gasteiger partial charge is 0.392 e. The summed E-state index contributed by atoms with van der Waals surface area (Å²) in [5.41, 5.74) is 8.64. The normalized spacial score (nSPS) is 27.4. The van der Waals surface area contributed by atoms with Crippen LogP contribution in [0.25, 0.3) is 11.1 Å². The smallest absolute Gasteiger partial charge is 0.315 e. The molecule has 1 aliphatic heterocycles. The number of aliphatic hydroxyl groups is 1. The lowest BCUT2D eigenvalue weighted by Gasteiger charge is -2.56. The molecule has 4 saturated carbocycles. The molecule has 5 aromatic rings. The molecule has 5 aliphatic rings. The van der Waals surface area contributed by atoms with Crippen LogP contribution in [0.4, 0.5) is 4.79 Å². The first-order chi connectivity index (χ1) is 28.4. The number of amides is 2. The molecule has 0 spiro atoms. The van der Waals surface area contributed by atoms with Gasteiger partial charge < -0.3 is 25.2 Å². The maximum absolute atomic E-state index is 13.3. The van der Waals surface area contributed by atoms with Crippen LogP contribution in [-0.4, -0.2) is 34.2 Å². The molecule has 0 unspecified atom stereocenters. The molecular formula is C51H57N3O4. The minimum absolute atomic E-state index is 0.00272. The van der Waals surface area contributed by atoms with E-state index in [1.807, 2.05) is 12.1 Å². The van der Waals surface area contributed by atoms with Crippen LogP contribution in [0.15, 0.2) is 133 Å². The average molecular weight is 776 g/mol. The number of nitrogens with one attached hydrogen (secondary N) is 2. The van der Waals surface area contributed by atoms with Gasteiger partial charge in [-0.05, 0) is 107 Å². The second-order valence-electron chi connectivity index (χ2n) is 17.8. The van der Waals surface area contributed by atoms with E-state index < -0.39 is 6.29 Å². The summed E-state index contributed by atoms with van der Waals surface area (Å²) < 4.78 is 13.9. The minimum Gasteiger partial charge on any atom is -0.392 e. The Morgan fingerprint density at radius 2 is 1.26 bits per heavy atom. The van der Waals surface area contributed by atoms with Gasteiger partial charge in [0.25, 0.3) is 0 Å². The Morgan fingerprint density at radius 3 is 1.88 bits per heavy atom. The highest BCUT2D eigenvalue weighted by Gasteiger charge is 2.51. The molecule has 4 aliphatic carbocycles. The minimum atomic E-state index is -0.586. The fourth-order valence-electron chi connectivity index (χ4n) is 10.9. The summed E-state index contributed by atoms with van der Waals surface area (Å²) in [4.78, 5) is 15.8. The summed E-state index contributed by atoms with van der Waals surface area (Å²) in [6.07, 6.45) is 6.57. The lowest BCUT2D eigenvalue weighted by Crippen LogP contribution is -2.61. The maximum atomic E-state index is 13.3. The Morgan fingerprint density at radius 1 is 0.672 bits per heavy atom. The van der Waals surface area contributed by atoms with Crippen LogP contribution in [0.3, 0.4) is 0 Å². The number of urea groups is 1. The van der Waals surface area contributed by atoms with E-state index in [0.717, 1.165) is 90.0 Å². The SMILES string of the molecule is C[C@@H]1[C@H](CN(Cc2ccccc2)Cc2ccccc2)O[C@H](c2cccc(-c3cccc(CNC(=O)NC45CC6CC(CC(C6)C4)C5)c3)c2)O[C@@H]1c1ccc(CO)cc1. The highest BCUT2D eigenvalue weighted by molar-refractivity contribution is 5.75. The van der Waals surface area contributed by atoms with Crippen LogP contribution in [0.1, 0.15) is 91.2 Å². The number of rotatable bonds is 13. The molecule has 1 heterocycles. The summed E-state index contributed by atoms with van der Waals surface area (Å²) in [6, 6.07) is 46.3. The van der Waals surface area contributed by atoms with Crippen molar-refractivity contribution in [3.05, 3.63) is 167 Å². The van der Waals surface area contributed by atoms with E-state index in [1.165, 1.54) is 30.4 Å². The first-order valence-corrected chi connectivity index (χ1v) is 21.4. The highest BCUT2D eigenvalue weighted by atomic mass is 16.7. The van der Waals surface area contributed by atoms with Gasteiger partial charge >= 0.3 is 6.03 Å². The molecule has 4 bridgehead atoms. The van der Waals surface area contributed by atoms with E-state index in [2.05, 4.69) is 144 Å². The van der Waals surface area contributed by atoms with E-state index in [1.54, 1.807) is 0 Å². The lowest BCUT2D eigenvalue weighted by molar-refractivity contribution is -0.276. The van der Waals surface area contributed by atoms with Gasteiger partial charge in [-0.1, -0.05) is 128 Å². The summed E-state index contributed by atoms with van der Waals surface area (Å²) in [7, 11) is 0. The third-order valence-electron chi connectivity index (χ3n) is 13.3. The predicted octanol–water partition coefficient (Wildman–Crippen LogP) is 10.1. The van der Waals surface area contributed by atoms with Gasteiger partial charge in [0, 0.05) is 43.2 Å². The van der Waals surface area contributed by atoms with Crippen LogP contribution in [0.2, 0.25) is 0 Å². The number of hydrogen-bond donors (Lipinski definition) is 3. The van der Waals surface area contributed by atoms with Gasteiger partial charge in [-0.3, -0.25) is 4.90 Å². The van der Waals surface area contributed by atoms with Crippen LogP contribution in [0.5, 0.6) is 0 Å². The molecule has 2 amide bonds. The van der Waals surface area contributed by atoms with Gasteiger partial charge in [-0.15, -0.1) is 0 Å². The van der Waals surface area contributed by atoms with Gasteiger partial charge in [0.05, 0.1) is 18.8 Å². The highest BCUT2D eigenvalue weighted by Crippen LogP contribution is 2.55. The zero-order chi connectivity index (χ0) is 39.5. The Kier molecular flexibility index (Phi) is 11.5. The lowest BCUT2D eigenvalue weighted by atomic mass is 9.53. The fraction of sp³-hybridized carbons (Fsp3) is 0.392. The van der Waals surface area contributed by atoms with Crippen molar-refractivity contribution >= 4 is 6.03 Å². The van der Waals surface area contributed by atoms with Gasteiger partial charge in [-0.25, -0.2) is 4.79 Å². The summed E-state index contributed by atoms with van der Waals surface area (Å²) in [6.45, 7) is 5.03. The van der Waals surface area contributed by atoms with Crippen molar-refractivity contribution in [1.29, 1.82) is 0 Å². The van der Waals surface area contributed by atoms with Crippen molar-refractivity contribution < 1.29 is 19.4 Å². The van der Waals surface area contributed by atoms with Crippen molar-refractivity contribution in [3.63, 3.8) is 0 Å². The molecule has 0 radical (unpaired) electrons. The monoisotopic (exact) mass is 775 g/mol. The molecule has 5 aromatic carbocycles. The van der Waals surface area contributed by atoms with Crippen molar-refractivity contribution in [2.45, 2.75) is 95.7 Å². The number of hydrogen-bond acceptors (Lipinski definition) is 5. The molecule has 1 saturated heterocycles. The molecule has 7 heteroatoms. The van der Waals surface area contributed by atoms with E-state index >= 15 is 0 Å². The molecule has 4 atom stereocenters. The molecular weight excluding hydrogens is 719 g/mol. The average Bonchev–Trinajstić information content (AvgIpc) is 3.24. The first kappa shape index (κ1) is 38.7. The second kappa shape index (κ2) is 17.2. The van der Waals surface area contributed by atoms with Gasteiger partial charge in [0.1, 0.15) is 0 Å². The molecule has 5 fully saturated rings. The molecule has 3 N–H and O–H groups in total. The topological polar surface area (TPSA) is 83.1 Å². The molecule has 10 rings (SSSR count). The Balaban J connectivity index is 0.931. The number of benzene rings is 5. The second-order valence-corrected chi connectivity index (χ2v) is 17.8. The first-order valence-electron chi connectivity index (χ1n) is 21.4. The number of carbonyl (C=O) groups is 1. The third-order valence-corrected chi connectivity index (χ3v) is 13.3. The van der Waals surface area contributed by atoms with Crippen molar-refractivity contribution in [2.75, 3.05) is 6.54 Å². The third kappa shape index (κ3) is 8.93. The number of aliphatic hydroxyl groups excluding tert-OH is 1. The van der Waals surface area contributed by atoms with Crippen LogP contribution in [0, 0.1) is 23.7 Å². The predicted molar refractivity (Wildman–Crippen MR) is 228 cm³/mol. The van der Waals surface area contributed by atoms with Gasteiger partial charge in [0.15, 0.2) is 6.29 Å². The number of carbonyl (C=O) groups excluding carboxylic acids is 1. The van der Waals surface area contributed by atoms with Gasteiger partial charge in [-0.2, -0.15) is 0 Å². The fourth-order valence-corrected chi connectivity index (χ4v) is 10.9. The van der Waals surface area contributed by atoms with Crippen molar-refractivity contribution in [3.8, 4) is 11.1 Å². The van der Waals surface area contributed by atoms with E-state index in [0.29, 0.717) is 6.54 Å². The molecule has 0 aromatic heterocycles. The standard InChI is InChI=1S/C51H57N3O4/c1-35-47(33-54(31-36-10-4-2-5-11-36)32-37-12-6-3-7-13-37)57-49(58-48(35)43-20-18-38(34-55)19-21-43)46-17-9-16-45(26-46)44-15-8-14-39(25-44)30-52-50(56)53-51-27-40-22-41(28-51)24-42(23-40)29-51/h2-21,25-26,35,40-42,47-49,55H,22-24,27-34H2,1H3,(H2,52,53,56)/t35-,40?,41?,42?,47+,48+,49+,51?/m1/s1. The van der Waals surface area contributed by atoms with Crippen molar-refractivity contribution in [2.24, 2.45) is 23.7 Å². The van der Waals surface area contributed by atoms with E-state index in [9.17, 15) is 9.90 Å². The molecule has 300 valence electrons. The molecule has 7 nitrogen and oxygen atoms in total. The quantitative estimate of drug-likeness (QED) is 0.111. The van der Waals surface area contributed by atoms with Crippen LogP contribution >= 0.6 is 0 Å². The van der Waals surface area contributed by atoms with Crippen LogP contribution < -0.4 is 10.6 Å². The summed E-state index contributed by atoms with van der Waals surface area (Å²) >= 11 is 0. The van der Waals surface area contributed by atoms with Gasteiger partial charge in [0.2, 0.25) is 0 Å². The van der Waals surface area contributed by atoms with E-state index in [4.69, 9.17) is 9.47 Å². The zero-order valence-corrected chi connectivity index (χ0v) is 33.6. The van der Waals surface area contributed by atoms with E-state index in [-0.39, 0.29) is 36.3 Å². The maximum Gasteiger partial charge on any atom is 0.315 e. The number of nitrogens with zero attached hydrogens (tertiary/aromatic N) is 1. The Hall–Kier alpha value is -4.79. The number of ether oxygens (including phenoxy) is 2. The Bertz CT molecular complexity index is 2060. The Labute approximate surface area is 343 Å². The molecule has 58 heavy (non-hydrogen) atoms. The zero-order valence-electron chi connectivity index (χ0n) is 33.6. The van der Waals surface area contributed by atoms with Crippen molar-refractivity contribution in [1.82, 2.24) is 15.5 Å². The summed E-state index contributed by atoms with van der Waals surface area (Å²) in [5, 5.41) is 16.4. The summed E-state index contributed by atoms with van der Waals surface area (Å²) in [5.74, 6) is 2.42. The van der Waals surface area contributed by atoms with Crippen LogP contribution in [-0.2, 0) is 35.7 Å².